The first kappa shape index (κ1) is 9.67. The maximum atomic E-state index is 11.4. The molecule has 70 valence electrons. The fraction of sp³-hybridized carbons (Fsp3) is 0.333. The first-order valence-corrected chi connectivity index (χ1v) is 4.08. The molecular weight excluding hydrogens is 166 g/mol. The van der Waals surface area contributed by atoms with E-state index in [9.17, 15) is 4.79 Å². The fourth-order valence-corrected chi connectivity index (χ4v) is 0.986. The summed E-state index contributed by atoms with van der Waals surface area (Å²) in [6, 6.07) is -0.471. The molecule has 13 heavy (non-hydrogen) atoms. The second-order valence-electron chi connectivity index (χ2n) is 2.89. The van der Waals surface area contributed by atoms with E-state index in [4.69, 9.17) is 5.73 Å². The van der Waals surface area contributed by atoms with Gasteiger partial charge in [-0.3, -0.25) is 9.48 Å². The van der Waals surface area contributed by atoms with Crippen LogP contribution in [0.1, 0.15) is 17.3 Å². The van der Waals surface area contributed by atoms with Crippen molar-refractivity contribution >= 4 is 5.78 Å². The highest BCUT2D eigenvalue weighted by Crippen LogP contribution is 2.01. The summed E-state index contributed by atoms with van der Waals surface area (Å²) < 4.78 is 1.64. The summed E-state index contributed by atoms with van der Waals surface area (Å²) in [6.07, 6.45) is 4.91. The molecule has 0 aliphatic carbocycles. The van der Waals surface area contributed by atoms with Gasteiger partial charge in [0.1, 0.15) is 0 Å². The van der Waals surface area contributed by atoms with Crippen LogP contribution in [0.4, 0.5) is 0 Å². The Morgan fingerprint density at radius 2 is 2.62 bits per heavy atom. The molecule has 0 aromatic carbocycles. The van der Waals surface area contributed by atoms with E-state index in [0.717, 1.165) is 0 Å². The van der Waals surface area contributed by atoms with Crippen molar-refractivity contribution in [1.29, 1.82) is 0 Å². The van der Waals surface area contributed by atoms with Crippen LogP contribution in [-0.4, -0.2) is 21.6 Å². The highest BCUT2D eigenvalue weighted by atomic mass is 16.1. The summed E-state index contributed by atoms with van der Waals surface area (Å²) in [5.74, 6) is -0.0877. The quantitative estimate of drug-likeness (QED) is 0.544. The Balaban J connectivity index is 2.79. The van der Waals surface area contributed by atoms with Crippen LogP contribution < -0.4 is 5.73 Å². The number of aromatic nitrogens is 2. The molecule has 0 radical (unpaired) electrons. The standard InChI is InChI=1S/C9H13N3O/c1-3-4-12-6-8(5-11-12)9(13)7(2)10/h3,5-7H,1,4,10H2,2H3. The van der Waals surface area contributed by atoms with Crippen molar-refractivity contribution < 1.29 is 4.79 Å². The monoisotopic (exact) mass is 179 g/mol. The smallest absolute Gasteiger partial charge is 0.182 e. The van der Waals surface area contributed by atoms with Crippen LogP contribution in [0, 0.1) is 0 Å². The number of hydrogen-bond acceptors (Lipinski definition) is 3. The van der Waals surface area contributed by atoms with E-state index in [0.29, 0.717) is 12.1 Å². The number of hydrogen-bond donors (Lipinski definition) is 1. The topological polar surface area (TPSA) is 60.9 Å². The summed E-state index contributed by atoms with van der Waals surface area (Å²) in [4.78, 5) is 11.4. The minimum Gasteiger partial charge on any atom is -0.321 e. The number of nitrogens with zero attached hydrogens (tertiary/aromatic N) is 2. The molecule has 0 aliphatic rings. The molecule has 1 heterocycles. The van der Waals surface area contributed by atoms with Gasteiger partial charge in [-0.05, 0) is 6.92 Å². The Morgan fingerprint density at radius 1 is 1.92 bits per heavy atom. The van der Waals surface area contributed by atoms with Crippen LogP contribution >= 0.6 is 0 Å². The van der Waals surface area contributed by atoms with E-state index in [1.807, 2.05) is 0 Å². The lowest BCUT2D eigenvalue weighted by molar-refractivity contribution is 0.0968. The zero-order chi connectivity index (χ0) is 9.84. The van der Waals surface area contributed by atoms with Crippen LogP contribution in [0.15, 0.2) is 25.0 Å². The Labute approximate surface area is 77.0 Å². The number of Topliss-reactive ketones (excluding diaryl/α,β-unsaturated/α-hetero) is 1. The molecule has 0 aliphatic heterocycles. The SMILES string of the molecule is C=CCn1cc(C(=O)C(C)N)cn1. The van der Waals surface area contributed by atoms with E-state index in [1.54, 1.807) is 23.9 Å². The molecule has 1 rings (SSSR count). The fourth-order valence-electron chi connectivity index (χ4n) is 0.986. The summed E-state index contributed by atoms with van der Waals surface area (Å²) in [5, 5.41) is 3.98. The molecule has 0 fully saturated rings. The van der Waals surface area contributed by atoms with Crippen LogP contribution in [0.2, 0.25) is 0 Å². The lowest BCUT2D eigenvalue weighted by atomic mass is 10.1. The van der Waals surface area contributed by atoms with Crippen molar-refractivity contribution in [3.05, 3.63) is 30.6 Å². The molecule has 4 heteroatoms. The number of ketones is 1. The average Bonchev–Trinajstić information content (AvgIpc) is 2.52. The Kier molecular flexibility index (Phi) is 2.97. The molecule has 1 atom stereocenters. The van der Waals surface area contributed by atoms with E-state index in [-0.39, 0.29) is 5.78 Å². The van der Waals surface area contributed by atoms with Gasteiger partial charge in [0.05, 0.1) is 24.3 Å². The predicted octanol–water partition coefficient (Wildman–Crippen LogP) is 0.599. The highest BCUT2D eigenvalue weighted by Gasteiger charge is 2.12. The van der Waals surface area contributed by atoms with Crippen molar-refractivity contribution in [1.82, 2.24) is 9.78 Å². The van der Waals surface area contributed by atoms with Gasteiger partial charge in [0, 0.05) is 6.20 Å². The molecule has 4 nitrogen and oxygen atoms in total. The third kappa shape index (κ3) is 2.26. The number of carbonyl (C=O) groups excluding carboxylic acids is 1. The third-order valence-corrected chi connectivity index (χ3v) is 1.65. The highest BCUT2D eigenvalue weighted by molar-refractivity contribution is 5.99. The lowest BCUT2D eigenvalue weighted by Gasteiger charge is -1.99. The van der Waals surface area contributed by atoms with Gasteiger partial charge in [-0.1, -0.05) is 6.08 Å². The van der Waals surface area contributed by atoms with E-state index < -0.39 is 6.04 Å². The molecule has 2 N–H and O–H groups in total. The molecule has 0 amide bonds. The number of allylic oxidation sites excluding steroid dienone is 1. The Bertz CT molecular complexity index is 314. The van der Waals surface area contributed by atoms with Gasteiger partial charge in [0.2, 0.25) is 0 Å². The number of nitrogens with two attached hydrogens (primary N) is 1. The normalized spacial score (nSPS) is 12.5. The Hall–Kier alpha value is -1.42. The number of carbonyl (C=O) groups is 1. The van der Waals surface area contributed by atoms with Gasteiger partial charge in [0.25, 0.3) is 0 Å². The van der Waals surface area contributed by atoms with Gasteiger partial charge < -0.3 is 5.73 Å². The van der Waals surface area contributed by atoms with Crippen molar-refractivity contribution in [2.24, 2.45) is 5.73 Å². The maximum absolute atomic E-state index is 11.4. The summed E-state index contributed by atoms with van der Waals surface area (Å²) in [5.41, 5.74) is 6.00. The van der Waals surface area contributed by atoms with Gasteiger partial charge in [-0.15, -0.1) is 6.58 Å². The van der Waals surface area contributed by atoms with E-state index >= 15 is 0 Å². The Morgan fingerprint density at radius 3 is 3.15 bits per heavy atom. The molecule has 0 saturated heterocycles. The summed E-state index contributed by atoms with van der Waals surface area (Å²) >= 11 is 0. The van der Waals surface area contributed by atoms with Crippen LogP contribution in [0.5, 0.6) is 0 Å². The maximum Gasteiger partial charge on any atom is 0.182 e. The zero-order valence-corrected chi connectivity index (χ0v) is 7.60. The zero-order valence-electron chi connectivity index (χ0n) is 7.60. The van der Waals surface area contributed by atoms with Crippen LogP contribution in [-0.2, 0) is 6.54 Å². The van der Waals surface area contributed by atoms with Crippen molar-refractivity contribution in [2.75, 3.05) is 0 Å². The molecule has 1 aromatic heterocycles. The minimum absolute atomic E-state index is 0.0877. The van der Waals surface area contributed by atoms with E-state index in [2.05, 4.69) is 11.7 Å². The number of rotatable bonds is 4. The molecule has 0 bridgehead atoms. The van der Waals surface area contributed by atoms with Crippen LogP contribution in [0.3, 0.4) is 0 Å². The van der Waals surface area contributed by atoms with Crippen molar-refractivity contribution in [2.45, 2.75) is 19.5 Å². The molecular formula is C9H13N3O. The molecule has 1 aromatic rings. The summed E-state index contributed by atoms with van der Waals surface area (Å²) in [7, 11) is 0. The van der Waals surface area contributed by atoms with Gasteiger partial charge in [-0.2, -0.15) is 5.10 Å². The first-order chi connectivity index (χ1) is 6.15. The second-order valence-corrected chi connectivity index (χ2v) is 2.89. The third-order valence-electron chi connectivity index (χ3n) is 1.65. The van der Waals surface area contributed by atoms with Gasteiger partial charge >= 0.3 is 0 Å². The molecule has 1 unspecified atom stereocenters. The second kappa shape index (κ2) is 4.00. The minimum atomic E-state index is -0.471. The average molecular weight is 179 g/mol. The van der Waals surface area contributed by atoms with Gasteiger partial charge in [0.15, 0.2) is 5.78 Å². The van der Waals surface area contributed by atoms with Crippen molar-refractivity contribution in [3.63, 3.8) is 0 Å². The van der Waals surface area contributed by atoms with Crippen LogP contribution in [0.25, 0.3) is 0 Å². The summed E-state index contributed by atoms with van der Waals surface area (Å²) in [6.45, 7) is 5.84. The van der Waals surface area contributed by atoms with E-state index in [1.165, 1.54) is 6.20 Å². The largest absolute Gasteiger partial charge is 0.321 e. The lowest BCUT2D eigenvalue weighted by Crippen LogP contribution is -2.26. The van der Waals surface area contributed by atoms with Crippen molar-refractivity contribution in [3.8, 4) is 0 Å². The molecule has 0 spiro atoms. The first-order valence-electron chi connectivity index (χ1n) is 4.08. The predicted molar refractivity (Wildman–Crippen MR) is 50.4 cm³/mol. The molecule has 0 saturated carbocycles. The van der Waals surface area contributed by atoms with Gasteiger partial charge in [-0.25, -0.2) is 0 Å².